The first kappa shape index (κ1) is 23.4. The average Bonchev–Trinajstić information content (AvgIpc) is 3.33. The van der Waals surface area contributed by atoms with Crippen molar-refractivity contribution in [3.63, 3.8) is 0 Å². The Bertz CT molecular complexity index is 1230. The summed E-state index contributed by atoms with van der Waals surface area (Å²) < 4.78 is 64.6. The molecular formula is C20H23F3N6O3S. The summed E-state index contributed by atoms with van der Waals surface area (Å²) in [5.41, 5.74) is 0.597. The fraction of sp³-hybridized carbons (Fsp3) is 0.400. The highest BCUT2D eigenvalue weighted by Crippen LogP contribution is 2.37. The second-order valence-electron chi connectivity index (χ2n) is 8.08. The summed E-state index contributed by atoms with van der Waals surface area (Å²) in [6.07, 6.45) is -0.893. The van der Waals surface area contributed by atoms with Gasteiger partial charge in [-0.15, -0.1) is 0 Å². The number of halogens is 3. The van der Waals surface area contributed by atoms with Crippen LogP contribution in [0.4, 0.5) is 19.0 Å². The van der Waals surface area contributed by atoms with E-state index in [1.807, 2.05) is 16.8 Å². The van der Waals surface area contributed by atoms with E-state index in [9.17, 15) is 26.7 Å². The third kappa shape index (κ3) is 5.43. The Kier molecular flexibility index (Phi) is 6.31. The fourth-order valence-corrected chi connectivity index (χ4v) is 4.59. The maximum Gasteiger partial charge on any atom is 0.416 e. The number of rotatable bonds is 7. The molecule has 0 saturated heterocycles. The number of nitrogens with zero attached hydrogens (tertiary/aromatic N) is 3. The second kappa shape index (κ2) is 8.89. The van der Waals surface area contributed by atoms with Gasteiger partial charge in [-0.3, -0.25) is 0 Å². The van der Waals surface area contributed by atoms with Crippen LogP contribution < -0.4 is 15.2 Å². The molecule has 1 aliphatic carbocycles. The number of aromatic nitrogens is 3. The summed E-state index contributed by atoms with van der Waals surface area (Å²) in [7, 11) is -3.84. The van der Waals surface area contributed by atoms with Crippen molar-refractivity contribution >= 4 is 27.1 Å². The normalized spacial score (nSPS) is 21.5. The van der Waals surface area contributed by atoms with E-state index in [1.165, 1.54) is 18.5 Å². The number of nitrogens with two attached hydrogens (primary N) is 1. The van der Waals surface area contributed by atoms with E-state index in [0.29, 0.717) is 29.9 Å². The number of aliphatic hydroxyl groups is 1. The lowest BCUT2D eigenvalue weighted by Gasteiger charge is -2.15. The monoisotopic (exact) mass is 484 g/mol. The van der Waals surface area contributed by atoms with Crippen molar-refractivity contribution in [2.24, 2.45) is 11.1 Å². The van der Waals surface area contributed by atoms with Crippen molar-refractivity contribution in [1.82, 2.24) is 19.3 Å². The maximum atomic E-state index is 12.7. The van der Waals surface area contributed by atoms with Gasteiger partial charge >= 0.3 is 6.18 Å². The Balaban J connectivity index is 1.47. The summed E-state index contributed by atoms with van der Waals surface area (Å²) in [6, 6.07) is 6.63. The molecule has 0 amide bonds. The van der Waals surface area contributed by atoms with E-state index in [1.54, 1.807) is 0 Å². The van der Waals surface area contributed by atoms with Gasteiger partial charge in [0.2, 0.25) is 0 Å². The molecule has 13 heteroatoms. The Hall–Kier alpha value is -2.74. The minimum atomic E-state index is -4.38. The first-order valence-electron chi connectivity index (χ1n) is 10.2. The van der Waals surface area contributed by atoms with Gasteiger partial charge < -0.3 is 15.0 Å². The highest BCUT2D eigenvalue weighted by Gasteiger charge is 2.35. The molecule has 0 unspecified atom stereocenters. The van der Waals surface area contributed by atoms with Gasteiger partial charge in [0, 0.05) is 31.2 Å². The number of aliphatic hydroxyl groups excluding tert-OH is 1. The van der Waals surface area contributed by atoms with E-state index in [4.69, 9.17) is 5.14 Å². The molecule has 0 spiro atoms. The standard InChI is InChI=1S/C20H23F3N6O3S/c21-20(22,23)14-3-1-12(2-4-14)9-25-18-16-5-6-29(19(16)27-11-26-18)15-7-13(17(30)8-15)10-28-33(24,31)32/h1-6,11,13,15,17,28,30H,7-10H2,(H2,24,31,32)(H,25,26,27)/t13-,15+,17-/m0/s1. The minimum absolute atomic E-state index is 0.0462. The van der Waals surface area contributed by atoms with Gasteiger partial charge in [-0.05, 0) is 36.6 Å². The van der Waals surface area contributed by atoms with Crippen molar-refractivity contribution in [1.29, 1.82) is 0 Å². The van der Waals surface area contributed by atoms with Crippen molar-refractivity contribution in [3.05, 3.63) is 54.0 Å². The van der Waals surface area contributed by atoms with Gasteiger partial charge in [0.05, 0.1) is 17.1 Å². The number of hydrogen-bond donors (Lipinski definition) is 4. The lowest BCUT2D eigenvalue weighted by atomic mass is 10.1. The van der Waals surface area contributed by atoms with Gasteiger partial charge in [-0.1, -0.05) is 12.1 Å². The first-order chi connectivity index (χ1) is 15.5. The molecule has 3 atom stereocenters. The largest absolute Gasteiger partial charge is 0.416 e. The van der Waals surface area contributed by atoms with Gasteiger partial charge in [0.15, 0.2) is 0 Å². The molecule has 3 aromatic rings. The lowest BCUT2D eigenvalue weighted by Crippen LogP contribution is -2.36. The van der Waals surface area contributed by atoms with E-state index >= 15 is 0 Å². The summed E-state index contributed by atoms with van der Waals surface area (Å²) in [4.78, 5) is 8.60. The molecule has 2 aromatic heterocycles. The van der Waals surface area contributed by atoms with Crippen LogP contribution in [0.25, 0.3) is 11.0 Å². The van der Waals surface area contributed by atoms with Gasteiger partial charge in [-0.25, -0.2) is 19.8 Å². The van der Waals surface area contributed by atoms with Crippen molar-refractivity contribution in [3.8, 4) is 0 Å². The van der Waals surface area contributed by atoms with Crippen LogP contribution in [0, 0.1) is 5.92 Å². The van der Waals surface area contributed by atoms with Gasteiger partial charge in [-0.2, -0.15) is 21.6 Å². The van der Waals surface area contributed by atoms with Crippen LogP contribution in [0.15, 0.2) is 42.9 Å². The molecule has 1 aliphatic rings. The van der Waals surface area contributed by atoms with Crippen LogP contribution in [0.2, 0.25) is 0 Å². The quantitative estimate of drug-likeness (QED) is 0.406. The summed E-state index contributed by atoms with van der Waals surface area (Å²) in [5, 5.41) is 19.2. The number of benzene rings is 1. The molecule has 5 N–H and O–H groups in total. The zero-order chi connectivity index (χ0) is 23.8. The Morgan fingerprint density at radius 2 is 1.88 bits per heavy atom. The summed E-state index contributed by atoms with van der Waals surface area (Å²) in [5.74, 6) is 0.245. The number of fused-ring (bicyclic) bond motifs is 1. The third-order valence-corrected chi connectivity index (χ3v) is 6.39. The van der Waals surface area contributed by atoms with Crippen LogP contribution >= 0.6 is 0 Å². The zero-order valence-electron chi connectivity index (χ0n) is 17.3. The smallest absolute Gasteiger partial charge is 0.393 e. The lowest BCUT2D eigenvalue weighted by molar-refractivity contribution is -0.137. The van der Waals surface area contributed by atoms with Crippen LogP contribution in [0.1, 0.15) is 30.0 Å². The predicted octanol–water partition coefficient (Wildman–Crippen LogP) is 2.17. The molecule has 1 fully saturated rings. The average molecular weight is 485 g/mol. The van der Waals surface area contributed by atoms with Crippen molar-refractivity contribution < 1.29 is 26.7 Å². The van der Waals surface area contributed by atoms with Gasteiger partial charge in [0.1, 0.15) is 17.8 Å². The Morgan fingerprint density at radius 3 is 2.55 bits per heavy atom. The number of nitrogens with one attached hydrogen (secondary N) is 2. The molecule has 0 radical (unpaired) electrons. The molecule has 178 valence electrons. The van der Waals surface area contributed by atoms with Gasteiger partial charge in [0.25, 0.3) is 10.2 Å². The minimum Gasteiger partial charge on any atom is -0.393 e. The Morgan fingerprint density at radius 1 is 1.15 bits per heavy atom. The summed E-state index contributed by atoms with van der Waals surface area (Å²) >= 11 is 0. The highest BCUT2D eigenvalue weighted by atomic mass is 32.2. The molecule has 4 rings (SSSR count). The first-order valence-corrected chi connectivity index (χ1v) is 11.7. The third-order valence-electron chi connectivity index (χ3n) is 5.82. The molecule has 1 saturated carbocycles. The number of alkyl halides is 3. The number of anilines is 1. The van der Waals surface area contributed by atoms with Crippen LogP contribution in [0.5, 0.6) is 0 Å². The SMILES string of the molecule is NS(=O)(=O)NC[C@@H]1C[C@@H](n2ccc3c(NCc4ccc(C(F)(F)F)cc4)ncnc32)C[C@@H]1O. The molecule has 1 aromatic carbocycles. The van der Waals surface area contributed by atoms with E-state index in [-0.39, 0.29) is 25.0 Å². The highest BCUT2D eigenvalue weighted by molar-refractivity contribution is 7.87. The topological polar surface area (TPSA) is 135 Å². The maximum absolute atomic E-state index is 12.7. The van der Waals surface area contributed by atoms with Crippen LogP contribution in [0.3, 0.4) is 0 Å². The van der Waals surface area contributed by atoms with E-state index < -0.39 is 28.1 Å². The molecule has 0 aliphatic heterocycles. The Labute approximate surface area is 188 Å². The molecule has 0 bridgehead atoms. The molecule has 9 nitrogen and oxygen atoms in total. The van der Waals surface area contributed by atoms with Crippen molar-refractivity contribution in [2.45, 2.75) is 37.7 Å². The summed E-state index contributed by atoms with van der Waals surface area (Å²) in [6.45, 7) is 0.323. The molecule has 2 heterocycles. The zero-order valence-corrected chi connectivity index (χ0v) is 18.1. The molecule has 33 heavy (non-hydrogen) atoms. The van der Waals surface area contributed by atoms with Crippen LogP contribution in [-0.4, -0.2) is 40.7 Å². The van der Waals surface area contributed by atoms with E-state index in [2.05, 4.69) is 20.0 Å². The van der Waals surface area contributed by atoms with E-state index in [0.717, 1.165) is 17.5 Å². The predicted molar refractivity (Wildman–Crippen MR) is 115 cm³/mol. The number of hydrogen-bond acceptors (Lipinski definition) is 6. The van der Waals surface area contributed by atoms with Crippen LogP contribution in [-0.2, 0) is 22.9 Å². The second-order valence-corrected chi connectivity index (χ2v) is 9.46. The molecular weight excluding hydrogens is 461 g/mol. The van der Waals surface area contributed by atoms with Crippen molar-refractivity contribution in [2.75, 3.05) is 11.9 Å². The fourth-order valence-electron chi connectivity index (χ4n) is 4.15.